The molecular formula is C19H29ClN2O3S. The van der Waals surface area contributed by atoms with Gasteiger partial charge in [-0.15, -0.1) is 0 Å². The van der Waals surface area contributed by atoms with E-state index in [2.05, 4.69) is 5.32 Å². The molecule has 1 aromatic rings. The SMILES string of the molecule is CC(C)N(C)S(=O)(=O)c1ccc(Cl)c(C(=O)NC2CCCCCCC2)c1. The van der Waals surface area contributed by atoms with E-state index in [9.17, 15) is 13.2 Å². The van der Waals surface area contributed by atoms with Crippen LogP contribution in [0.1, 0.15) is 69.2 Å². The highest BCUT2D eigenvalue weighted by Crippen LogP contribution is 2.24. The minimum Gasteiger partial charge on any atom is -0.349 e. The van der Waals surface area contributed by atoms with Gasteiger partial charge in [0.25, 0.3) is 5.91 Å². The first-order chi connectivity index (χ1) is 12.2. The largest absolute Gasteiger partial charge is 0.349 e. The lowest BCUT2D eigenvalue weighted by Gasteiger charge is -2.23. The van der Waals surface area contributed by atoms with Gasteiger partial charge in [0.15, 0.2) is 0 Å². The van der Waals surface area contributed by atoms with Crippen molar-refractivity contribution in [2.45, 2.75) is 75.8 Å². The molecule has 1 fully saturated rings. The van der Waals surface area contributed by atoms with Gasteiger partial charge < -0.3 is 5.32 Å². The zero-order valence-corrected chi connectivity index (χ0v) is 17.4. The molecule has 7 heteroatoms. The average molecular weight is 401 g/mol. The molecule has 0 radical (unpaired) electrons. The lowest BCUT2D eigenvalue weighted by atomic mass is 9.96. The van der Waals surface area contributed by atoms with Gasteiger partial charge in [-0.3, -0.25) is 4.79 Å². The molecule has 0 aliphatic heterocycles. The van der Waals surface area contributed by atoms with Gasteiger partial charge in [0.05, 0.1) is 15.5 Å². The molecule has 0 unspecified atom stereocenters. The summed E-state index contributed by atoms with van der Waals surface area (Å²) in [6.45, 7) is 3.60. The monoisotopic (exact) mass is 400 g/mol. The molecule has 0 spiro atoms. The summed E-state index contributed by atoms with van der Waals surface area (Å²) in [6, 6.07) is 4.26. The maximum atomic E-state index is 12.7. The Balaban J connectivity index is 2.22. The van der Waals surface area contributed by atoms with Gasteiger partial charge >= 0.3 is 0 Å². The molecule has 0 saturated heterocycles. The highest BCUT2D eigenvalue weighted by atomic mass is 35.5. The third kappa shape index (κ3) is 5.21. The highest BCUT2D eigenvalue weighted by molar-refractivity contribution is 7.89. The molecule has 1 amide bonds. The van der Waals surface area contributed by atoms with Crippen LogP contribution in [0.15, 0.2) is 23.1 Å². The van der Waals surface area contributed by atoms with Crippen LogP contribution in [0.2, 0.25) is 5.02 Å². The molecule has 1 aliphatic rings. The third-order valence-corrected chi connectivity index (χ3v) is 7.39. The van der Waals surface area contributed by atoms with E-state index in [1.165, 1.54) is 48.8 Å². The van der Waals surface area contributed by atoms with Crippen molar-refractivity contribution in [2.24, 2.45) is 0 Å². The van der Waals surface area contributed by atoms with Crippen molar-refractivity contribution in [1.82, 2.24) is 9.62 Å². The van der Waals surface area contributed by atoms with Crippen LogP contribution in [0, 0.1) is 0 Å². The molecule has 1 aromatic carbocycles. The van der Waals surface area contributed by atoms with Crippen LogP contribution in [0.25, 0.3) is 0 Å². The first-order valence-corrected chi connectivity index (χ1v) is 11.1. The Morgan fingerprint density at radius 3 is 2.31 bits per heavy atom. The van der Waals surface area contributed by atoms with Crippen LogP contribution >= 0.6 is 11.6 Å². The predicted molar refractivity (Wildman–Crippen MR) is 105 cm³/mol. The second kappa shape index (κ2) is 9.20. The summed E-state index contributed by atoms with van der Waals surface area (Å²) in [6.07, 6.45) is 7.77. The normalized spacial score (nSPS) is 17.2. The molecule has 5 nitrogen and oxygen atoms in total. The van der Waals surface area contributed by atoms with Crippen molar-refractivity contribution >= 4 is 27.5 Å². The van der Waals surface area contributed by atoms with Crippen LogP contribution in [0.4, 0.5) is 0 Å². The summed E-state index contributed by atoms with van der Waals surface area (Å²) in [7, 11) is -2.13. The molecule has 0 aromatic heterocycles. The number of benzene rings is 1. The van der Waals surface area contributed by atoms with Gasteiger partial charge in [-0.1, -0.05) is 43.7 Å². The summed E-state index contributed by atoms with van der Waals surface area (Å²) < 4.78 is 26.7. The van der Waals surface area contributed by atoms with Gasteiger partial charge in [0, 0.05) is 19.1 Å². The minimum atomic E-state index is -3.66. The number of sulfonamides is 1. The van der Waals surface area contributed by atoms with Gasteiger partial charge in [0.1, 0.15) is 0 Å². The number of amides is 1. The van der Waals surface area contributed by atoms with Crippen molar-refractivity contribution in [3.63, 3.8) is 0 Å². The average Bonchev–Trinajstić information content (AvgIpc) is 2.56. The van der Waals surface area contributed by atoms with E-state index >= 15 is 0 Å². The van der Waals surface area contributed by atoms with Gasteiger partial charge in [-0.05, 0) is 44.9 Å². The third-order valence-electron chi connectivity index (χ3n) is 5.03. The molecule has 0 atom stereocenters. The number of carbonyl (C=O) groups excluding carboxylic acids is 1. The first kappa shape index (κ1) is 21.2. The molecule has 1 N–H and O–H groups in total. The smallest absolute Gasteiger partial charge is 0.253 e. The molecule has 1 saturated carbocycles. The Hall–Kier alpha value is -1.11. The lowest BCUT2D eigenvalue weighted by Crippen LogP contribution is -2.36. The van der Waals surface area contributed by atoms with E-state index in [1.807, 2.05) is 0 Å². The fourth-order valence-electron chi connectivity index (χ4n) is 3.15. The van der Waals surface area contributed by atoms with Crippen LogP contribution in [-0.2, 0) is 10.0 Å². The summed E-state index contributed by atoms with van der Waals surface area (Å²) in [5, 5.41) is 3.31. The standard InChI is InChI=1S/C19H29ClN2O3S/c1-14(2)22(3)26(24,25)16-11-12-18(20)17(13-16)19(23)21-15-9-7-5-4-6-8-10-15/h11-15H,4-10H2,1-3H3,(H,21,23). The van der Waals surface area contributed by atoms with E-state index in [1.54, 1.807) is 13.8 Å². The molecule has 0 heterocycles. The van der Waals surface area contributed by atoms with Crippen LogP contribution in [0.5, 0.6) is 0 Å². The van der Waals surface area contributed by atoms with Crippen molar-refractivity contribution in [3.8, 4) is 0 Å². The number of carbonyl (C=O) groups is 1. The summed E-state index contributed by atoms with van der Waals surface area (Å²) in [4.78, 5) is 12.8. The number of hydrogen-bond acceptors (Lipinski definition) is 3. The van der Waals surface area contributed by atoms with Gasteiger partial charge in [-0.25, -0.2) is 8.42 Å². The first-order valence-electron chi connectivity index (χ1n) is 9.32. The Morgan fingerprint density at radius 2 is 1.73 bits per heavy atom. The Kier molecular flexibility index (Phi) is 7.50. The second-order valence-electron chi connectivity index (χ2n) is 7.27. The molecule has 146 valence electrons. The predicted octanol–water partition coefficient (Wildman–Crippen LogP) is 4.21. The van der Waals surface area contributed by atoms with Gasteiger partial charge in [0.2, 0.25) is 10.0 Å². The van der Waals surface area contributed by atoms with E-state index in [0.29, 0.717) is 0 Å². The second-order valence-corrected chi connectivity index (χ2v) is 9.68. The zero-order valence-electron chi connectivity index (χ0n) is 15.8. The summed E-state index contributed by atoms with van der Waals surface area (Å²) >= 11 is 6.19. The fraction of sp³-hybridized carbons (Fsp3) is 0.632. The van der Waals surface area contributed by atoms with Crippen molar-refractivity contribution in [1.29, 1.82) is 0 Å². The topological polar surface area (TPSA) is 66.5 Å². The quantitative estimate of drug-likeness (QED) is 0.804. The molecule has 2 rings (SSSR count). The van der Waals surface area contributed by atoms with Crippen LogP contribution in [0.3, 0.4) is 0 Å². The van der Waals surface area contributed by atoms with Crippen LogP contribution < -0.4 is 5.32 Å². The van der Waals surface area contributed by atoms with E-state index in [4.69, 9.17) is 11.6 Å². The van der Waals surface area contributed by atoms with Crippen molar-refractivity contribution < 1.29 is 13.2 Å². The van der Waals surface area contributed by atoms with E-state index < -0.39 is 10.0 Å². The Morgan fingerprint density at radius 1 is 1.15 bits per heavy atom. The Bertz CT molecular complexity index is 726. The summed E-state index contributed by atoms with van der Waals surface area (Å²) in [5.74, 6) is -0.301. The molecule has 26 heavy (non-hydrogen) atoms. The zero-order chi connectivity index (χ0) is 19.3. The van der Waals surface area contributed by atoms with Crippen molar-refractivity contribution in [3.05, 3.63) is 28.8 Å². The maximum absolute atomic E-state index is 12.7. The van der Waals surface area contributed by atoms with Crippen molar-refractivity contribution in [2.75, 3.05) is 7.05 Å². The molecule has 1 aliphatic carbocycles. The molecule has 0 bridgehead atoms. The van der Waals surface area contributed by atoms with Crippen LogP contribution in [-0.4, -0.2) is 37.8 Å². The minimum absolute atomic E-state index is 0.0842. The number of nitrogens with zero attached hydrogens (tertiary/aromatic N) is 1. The van der Waals surface area contributed by atoms with E-state index in [-0.39, 0.29) is 33.5 Å². The number of nitrogens with one attached hydrogen (secondary N) is 1. The maximum Gasteiger partial charge on any atom is 0.253 e. The Labute approximate surface area is 162 Å². The van der Waals surface area contributed by atoms with Gasteiger partial charge in [-0.2, -0.15) is 4.31 Å². The summed E-state index contributed by atoms with van der Waals surface area (Å²) in [5.41, 5.74) is 0.215. The van der Waals surface area contributed by atoms with E-state index in [0.717, 1.165) is 25.7 Å². The highest BCUT2D eigenvalue weighted by Gasteiger charge is 2.25. The number of halogens is 1. The fourth-order valence-corrected chi connectivity index (χ4v) is 4.74. The number of hydrogen-bond donors (Lipinski definition) is 1. The lowest BCUT2D eigenvalue weighted by molar-refractivity contribution is 0.0930. The number of rotatable bonds is 5. The molecular weight excluding hydrogens is 372 g/mol.